The predicted molar refractivity (Wildman–Crippen MR) is 110 cm³/mol. The fourth-order valence-corrected chi connectivity index (χ4v) is 5.24. The Morgan fingerprint density at radius 1 is 1.30 bits per heavy atom. The lowest BCUT2D eigenvalue weighted by Crippen LogP contribution is -2.36. The first-order valence-electron chi connectivity index (χ1n) is 9.80. The highest BCUT2D eigenvalue weighted by molar-refractivity contribution is 8.00. The van der Waals surface area contributed by atoms with E-state index < -0.39 is 0 Å². The van der Waals surface area contributed by atoms with Crippen molar-refractivity contribution in [3.63, 3.8) is 0 Å². The fraction of sp³-hybridized carbons (Fsp3) is 0.632. The number of unbranched alkanes of at least 4 members (excludes halogenated alkanes) is 1. The number of urea groups is 1. The number of rotatable bonds is 9. The zero-order valence-corrected chi connectivity index (χ0v) is 16.8. The molecule has 3 N–H and O–H groups in total. The van der Waals surface area contributed by atoms with Gasteiger partial charge in [0, 0.05) is 30.5 Å². The molecular formula is C19H29N5O2S. The number of nitrogens with zero attached hydrogens (tertiary/aromatic N) is 2. The summed E-state index contributed by atoms with van der Waals surface area (Å²) in [5, 5.41) is 9.34. The Morgan fingerprint density at radius 2 is 2.11 bits per heavy atom. The molecular weight excluding hydrogens is 362 g/mol. The van der Waals surface area contributed by atoms with E-state index in [4.69, 9.17) is 0 Å². The maximum atomic E-state index is 12.1. The van der Waals surface area contributed by atoms with Gasteiger partial charge in [0.25, 0.3) is 0 Å². The molecule has 0 spiro atoms. The van der Waals surface area contributed by atoms with Gasteiger partial charge in [-0.1, -0.05) is 6.42 Å². The minimum Gasteiger partial charge on any atom is -0.357 e. The molecule has 1 aromatic rings. The number of pyridine rings is 1. The Morgan fingerprint density at radius 3 is 2.81 bits per heavy atom. The van der Waals surface area contributed by atoms with Crippen molar-refractivity contribution in [3.8, 4) is 0 Å². The minimum absolute atomic E-state index is 0.0279. The van der Waals surface area contributed by atoms with Crippen molar-refractivity contribution in [2.75, 3.05) is 29.1 Å². The Balaban J connectivity index is 1.36. The number of carbonyl (C=O) groups is 2. The molecule has 2 fully saturated rings. The smallest absolute Gasteiger partial charge is 0.315 e. The van der Waals surface area contributed by atoms with Gasteiger partial charge in [0.15, 0.2) is 0 Å². The summed E-state index contributed by atoms with van der Waals surface area (Å²) in [5.74, 6) is 1.93. The van der Waals surface area contributed by atoms with Crippen LogP contribution in [0, 0.1) is 0 Å². The second-order valence-corrected chi connectivity index (χ2v) is 8.27. The molecule has 3 amide bonds. The normalized spacial score (nSPS) is 23.5. The van der Waals surface area contributed by atoms with Crippen molar-refractivity contribution in [1.29, 1.82) is 0 Å². The number of hydrogen-bond acceptors (Lipinski definition) is 5. The third-order valence-corrected chi connectivity index (χ3v) is 6.71. The van der Waals surface area contributed by atoms with Crippen LogP contribution >= 0.6 is 11.8 Å². The first-order valence-corrected chi connectivity index (χ1v) is 10.8. The second-order valence-electron chi connectivity index (χ2n) is 6.99. The summed E-state index contributed by atoms with van der Waals surface area (Å²) in [4.78, 5) is 30.1. The molecule has 2 saturated heterocycles. The summed E-state index contributed by atoms with van der Waals surface area (Å²) in [6.45, 7) is 6.02. The molecule has 0 bridgehead atoms. The van der Waals surface area contributed by atoms with Gasteiger partial charge in [-0.25, -0.2) is 9.78 Å². The van der Waals surface area contributed by atoms with Gasteiger partial charge in [-0.2, -0.15) is 11.8 Å². The fourth-order valence-electron chi connectivity index (χ4n) is 3.69. The number of aromatic nitrogens is 1. The lowest BCUT2D eigenvalue weighted by Gasteiger charge is -2.19. The van der Waals surface area contributed by atoms with E-state index in [2.05, 4.69) is 39.7 Å². The van der Waals surface area contributed by atoms with Gasteiger partial charge < -0.3 is 20.9 Å². The van der Waals surface area contributed by atoms with E-state index in [1.165, 1.54) is 0 Å². The van der Waals surface area contributed by atoms with E-state index in [-0.39, 0.29) is 24.0 Å². The average Bonchev–Trinajstić information content (AvgIpc) is 3.20. The Kier molecular flexibility index (Phi) is 6.82. The highest BCUT2D eigenvalue weighted by Crippen LogP contribution is 2.33. The van der Waals surface area contributed by atoms with Gasteiger partial charge in [-0.3, -0.25) is 4.79 Å². The van der Waals surface area contributed by atoms with Crippen molar-refractivity contribution in [1.82, 2.24) is 15.6 Å². The predicted octanol–water partition coefficient (Wildman–Crippen LogP) is 2.59. The largest absolute Gasteiger partial charge is 0.357 e. The average molecular weight is 392 g/mol. The molecule has 8 heteroatoms. The van der Waals surface area contributed by atoms with Gasteiger partial charge in [-0.15, -0.1) is 0 Å². The summed E-state index contributed by atoms with van der Waals surface area (Å²) in [7, 11) is 0. The number of anilines is 2. The van der Waals surface area contributed by atoms with Crippen LogP contribution in [0.1, 0.15) is 39.5 Å². The number of thioether (sulfide) groups is 1. The molecule has 2 aliphatic heterocycles. The molecule has 148 valence electrons. The zero-order chi connectivity index (χ0) is 19.2. The number of hydrogen-bond donors (Lipinski definition) is 3. The van der Waals surface area contributed by atoms with Gasteiger partial charge in [0.1, 0.15) is 5.82 Å². The lowest BCUT2D eigenvalue weighted by atomic mass is 10.0. The summed E-state index contributed by atoms with van der Waals surface area (Å²) in [6, 6.07) is 4.31. The summed E-state index contributed by atoms with van der Waals surface area (Å²) in [5.41, 5.74) is 0.741. The third kappa shape index (κ3) is 5.06. The van der Waals surface area contributed by atoms with Crippen LogP contribution in [-0.4, -0.2) is 53.1 Å². The molecule has 2 aliphatic rings. The van der Waals surface area contributed by atoms with Gasteiger partial charge in [0.2, 0.25) is 5.91 Å². The van der Waals surface area contributed by atoms with E-state index in [1.54, 1.807) is 6.20 Å². The molecule has 3 rings (SSSR count). The molecule has 3 heterocycles. The molecule has 1 aromatic heterocycles. The number of carbonyl (C=O) groups excluding carboxylic acids is 2. The molecule has 0 aromatic carbocycles. The van der Waals surface area contributed by atoms with E-state index in [0.717, 1.165) is 49.6 Å². The van der Waals surface area contributed by atoms with Gasteiger partial charge in [-0.05, 0) is 38.8 Å². The van der Waals surface area contributed by atoms with Crippen molar-refractivity contribution < 1.29 is 9.59 Å². The van der Waals surface area contributed by atoms with Crippen molar-refractivity contribution in [3.05, 3.63) is 18.3 Å². The molecule has 3 atom stereocenters. The number of fused-ring (bicyclic) bond motifs is 1. The highest BCUT2D eigenvalue weighted by Gasteiger charge is 2.42. The maximum absolute atomic E-state index is 12.1. The van der Waals surface area contributed by atoms with E-state index >= 15 is 0 Å². The monoisotopic (exact) mass is 391 g/mol. The molecule has 0 saturated carbocycles. The molecule has 7 nitrogen and oxygen atoms in total. The van der Waals surface area contributed by atoms with Crippen LogP contribution < -0.4 is 20.9 Å². The third-order valence-electron chi connectivity index (χ3n) is 5.20. The number of nitrogens with one attached hydrogen (secondary N) is 3. The number of amides is 3. The van der Waals surface area contributed by atoms with Crippen molar-refractivity contribution >= 4 is 35.2 Å². The maximum Gasteiger partial charge on any atom is 0.315 e. The van der Waals surface area contributed by atoms with Crippen LogP contribution in [0.3, 0.4) is 0 Å². The van der Waals surface area contributed by atoms with E-state index in [9.17, 15) is 9.59 Å². The highest BCUT2D eigenvalue weighted by atomic mass is 32.2. The second kappa shape index (κ2) is 9.30. The van der Waals surface area contributed by atoms with E-state index in [0.29, 0.717) is 11.7 Å². The molecule has 27 heavy (non-hydrogen) atoms. The Hall–Kier alpha value is -1.96. The molecule has 0 radical (unpaired) electrons. The van der Waals surface area contributed by atoms with Crippen LogP contribution in [0.25, 0.3) is 0 Å². The minimum atomic E-state index is -0.0460. The van der Waals surface area contributed by atoms with Crippen LogP contribution in [-0.2, 0) is 4.79 Å². The SMILES string of the molecule is CCN(CC)c1ccc(NC(=O)CCCC[C@@H]2SC[C@@H]3NC(=O)N[C@@H]32)cn1. The quantitative estimate of drug-likeness (QED) is 0.445. The topological polar surface area (TPSA) is 86.4 Å². The van der Waals surface area contributed by atoms with Gasteiger partial charge >= 0.3 is 6.03 Å². The van der Waals surface area contributed by atoms with Crippen LogP contribution in [0.4, 0.5) is 16.3 Å². The summed E-state index contributed by atoms with van der Waals surface area (Å²) < 4.78 is 0. The van der Waals surface area contributed by atoms with Crippen molar-refractivity contribution in [2.24, 2.45) is 0 Å². The zero-order valence-electron chi connectivity index (χ0n) is 16.0. The van der Waals surface area contributed by atoms with E-state index in [1.807, 2.05) is 23.9 Å². The lowest BCUT2D eigenvalue weighted by molar-refractivity contribution is -0.116. The first kappa shape index (κ1) is 19.8. The Labute approximate surface area is 165 Å². The summed E-state index contributed by atoms with van der Waals surface area (Å²) >= 11 is 1.92. The summed E-state index contributed by atoms with van der Waals surface area (Å²) in [6.07, 6.45) is 5.10. The molecule has 0 aliphatic carbocycles. The van der Waals surface area contributed by atoms with Crippen LogP contribution in [0.15, 0.2) is 18.3 Å². The van der Waals surface area contributed by atoms with Crippen molar-refractivity contribution in [2.45, 2.75) is 56.9 Å². The standard InChI is InChI=1S/C19H29N5O2S/c1-3-24(4-2)16-10-9-13(11-20-16)21-17(25)8-6-5-7-15-18-14(12-27-15)22-19(26)23-18/h9-11,14-15,18H,3-8,12H2,1-2H3,(H,21,25)(H2,22,23,26)/t14-,15-,18-/m0/s1. The van der Waals surface area contributed by atoms with Gasteiger partial charge in [0.05, 0.1) is 24.0 Å². The molecule has 0 unspecified atom stereocenters. The first-order chi connectivity index (χ1) is 13.1. The van der Waals surface area contributed by atoms with Crippen LogP contribution in [0.5, 0.6) is 0 Å². The van der Waals surface area contributed by atoms with Crippen LogP contribution in [0.2, 0.25) is 0 Å². The Bertz CT molecular complexity index is 650.